The third-order valence-electron chi connectivity index (χ3n) is 6.22. The van der Waals surface area contributed by atoms with Crippen molar-refractivity contribution in [3.05, 3.63) is 53.1 Å². The van der Waals surface area contributed by atoms with Gasteiger partial charge in [-0.05, 0) is 55.3 Å². The molecule has 8 heteroatoms. The van der Waals surface area contributed by atoms with Crippen molar-refractivity contribution in [1.82, 2.24) is 24.5 Å². The molecule has 2 atom stereocenters. The molecule has 0 bridgehead atoms. The number of aromatic nitrogens is 4. The largest absolute Gasteiger partial charge is 0.355 e. The van der Waals surface area contributed by atoms with E-state index in [9.17, 15) is 0 Å². The molecule has 152 valence electrons. The number of hydrogen-bond acceptors (Lipinski definition) is 6. The normalized spacial score (nSPS) is 21.6. The first-order valence-corrected chi connectivity index (χ1v) is 11.3. The van der Waals surface area contributed by atoms with Crippen LogP contribution in [0, 0.1) is 11.8 Å². The molecule has 30 heavy (non-hydrogen) atoms. The van der Waals surface area contributed by atoms with E-state index in [1.165, 1.54) is 24.4 Å². The minimum atomic E-state index is 0.735. The van der Waals surface area contributed by atoms with Crippen molar-refractivity contribution in [3.63, 3.8) is 0 Å². The zero-order chi connectivity index (χ0) is 20.2. The maximum atomic E-state index is 6.22. The molecule has 0 aromatic carbocycles. The van der Waals surface area contributed by atoms with Gasteiger partial charge in [0.05, 0.1) is 9.21 Å². The van der Waals surface area contributed by atoms with Crippen LogP contribution in [-0.4, -0.2) is 57.7 Å². The Morgan fingerprint density at radius 2 is 1.73 bits per heavy atom. The van der Waals surface area contributed by atoms with Crippen LogP contribution in [0.5, 0.6) is 0 Å². The molecule has 0 spiro atoms. The Kier molecular flexibility index (Phi) is 4.30. The highest BCUT2D eigenvalue weighted by atomic mass is 35.5. The van der Waals surface area contributed by atoms with E-state index in [0.29, 0.717) is 0 Å². The fourth-order valence-corrected chi connectivity index (χ4v) is 5.92. The average Bonchev–Trinajstić information content (AvgIpc) is 3.49. The second kappa shape index (κ2) is 7.04. The third kappa shape index (κ3) is 3.00. The minimum absolute atomic E-state index is 0.735. The van der Waals surface area contributed by atoms with Gasteiger partial charge in [0.25, 0.3) is 0 Å². The highest BCUT2D eigenvalue weighted by molar-refractivity contribution is 7.19. The van der Waals surface area contributed by atoms with Gasteiger partial charge in [0.1, 0.15) is 17.2 Å². The first-order valence-electron chi connectivity index (χ1n) is 10.1. The minimum Gasteiger partial charge on any atom is -0.355 e. The van der Waals surface area contributed by atoms with Gasteiger partial charge in [0.2, 0.25) is 0 Å². The molecular formula is C22H21ClN6S. The van der Waals surface area contributed by atoms with Crippen LogP contribution in [-0.2, 0) is 0 Å². The van der Waals surface area contributed by atoms with E-state index in [2.05, 4.69) is 34.0 Å². The number of anilines is 1. The van der Waals surface area contributed by atoms with Crippen molar-refractivity contribution < 1.29 is 0 Å². The fourth-order valence-electron chi connectivity index (χ4n) is 4.89. The Labute approximate surface area is 183 Å². The number of hydrogen-bond donors (Lipinski definition) is 0. The molecule has 0 unspecified atom stereocenters. The number of likely N-dealkylation sites (tertiary alicyclic amines) is 1. The average molecular weight is 437 g/mol. The lowest BCUT2D eigenvalue weighted by Gasteiger charge is -2.20. The van der Waals surface area contributed by atoms with Crippen molar-refractivity contribution in [2.75, 3.05) is 38.1 Å². The molecule has 0 N–H and O–H groups in total. The van der Waals surface area contributed by atoms with Crippen LogP contribution in [0.1, 0.15) is 0 Å². The van der Waals surface area contributed by atoms with Gasteiger partial charge in [-0.15, -0.1) is 16.4 Å². The number of imidazole rings is 1. The summed E-state index contributed by atoms with van der Waals surface area (Å²) in [6.07, 6.45) is 3.61. The van der Waals surface area contributed by atoms with Gasteiger partial charge in [0, 0.05) is 44.1 Å². The predicted octanol–water partition coefficient (Wildman–Crippen LogP) is 4.17. The first-order chi connectivity index (χ1) is 14.7. The molecule has 4 aromatic heterocycles. The zero-order valence-corrected chi connectivity index (χ0v) is 18.1. The van der Waals surface area contributed by atoms with Crippen molar-refractivity contribution in [2.45, 2.75) is 0 Å². The fraction of sp³-hybridized carbons (Fsp3) is 0.318. The summed E-state index contributed by atoms with van der Waals surface area (Å²) < 4.78 is 2.73. The molecule has 0 saturated carbocycles. The summed E-state index contributed by atoms with van der Waals surface area (Å²) >= 11 is 7.76. The van der Waals surface area contributed by atoms with Gasteiger partial charge < -0.3 is 9.80 Å². The summed E-state index contributed by atoms with van der Waals surface area (Å²) in [5.74, 6) is 2.49. The smallest absolute Gasteiger partial charge is 0.155 e. The van der Waals surface area contributed by atoms with Gasteiger partial charge in [-0.1, -0.05) is 11.6 Å². The van der Waals surface area contributed by atoms with Gasteiger partial charge in [-0.25, -0.2) is 9.50 Å². The number of nitrogens with zero attached hydrogens (tertiary/aromatic N) is 6. The first kappa shape index (κ1) is 18.3. The van der Waals surface area contributed by atoms with Crippen LogP contribution >= 0.6 is 22.9 Å². The monoisotopic (exact) mass is 436 g/mol. The van der Waals surface area contributed by atoms with Gasteiger partial charge in [0.15, 0.2) is 5.65 Å². The zero-order valence-electron chi connectivity index (χ0n) is 16.6. The van der Waals surface area contributed by atoms with Crippen molar-refractivity contribution in [2.24, 2.45) is 11.8 Å². The Morgan fingerprint density at radius 1 is 0.967 bits per heavy atom. The molecule has 0 aliphatic carbocycles. The summed E-state index contributed by atoms with van der Waals surface area (Å²) in [5.41, 5.74) is 3.76. The Hall–Kier alpha value is -2.48. The molecular weight excluding hydrogens is 416 g/mol. The molecule has 4 aromatic rings. The second-order valence-electron chi connectivity index (χ2n) is 8.26. The van der Waals surface area contributed by atoms with E-state index in [0.717, 1.165) is 62.6 Å². The quantitative estimate of drug-likeness (QED) is 0.482. The van der Waals surface area contributed by atoms with Crippen LogP contribution < -0.4 is 4.90 Å². The molecule has 0 amide bonds. The lowest BCUT2D eigenvalue weighted by Crippen LogP contribution is -2.27. The lowest BCUT2D eigenvalue weighted by molar-refractivity contribution is 0.386. The predicted molar refractivity (Wildman–Crippen MR) is 121 cm³/mol. The summed E-state index contributed by atoms with van der Waals surface area (Å²) in [4.78, 5) is 15.0. The Morgan fingerprint density at radius 3 is 2.43 bits per heavy atom. The molecule has 2 saturated heterocycles. The number of fused-ring (bicyclic) bond motifs is 2. The van der Waals surface area contributed by atoms with E-state index in [-0.39, 0.29) is 0 Å². The maximum Gasteiger partial charge on any atom is 0.155 e. The molecule has 6 heterocycles. The molecule has 0 radical (unpaired) electrons. The second-order valence-corrected chi connectivity index (χ2v) is 9.97. The van der Waals surface area contributed by atoms with Crippen LogP contribution in [0.3, 0.4) is 0 Å². The van der Waals surface area contributed by atoms with Crippen LogP contribution in [0.25, 0.3) is 27.5 Å². The summed E-state index contributed by atoms with van der Waals surface area (Å²) in [5, 5.41) is 5.05. The van der Waals surface area contributed by atoms with E-state index < -0.39 is 0 Å². The Bertz CT molecular complexity index is 1210. The van der Waals surface area contributed by atoms with Crippen molar-refractivity contribution >= 4 is 34.4 Å². The maximum absolute atomic E-state index is 6.22. The van der Waals surface area contributed by atoms with Crippen molar-refractivity contribution in [3.8, 4) is 21.8 Å². The van der Waals surface area contributed by atoms with Gasteiger partial charge >= 0.3 is 0 Å². The van der Waals surface area contributed by atoms with E-state index >= 15 is 0 Å². The Balaban J connectivity index is 1.47. The van der Waals surface area contributed by atoms with E-state index in [1.807, 2.05) is 41.2 Å². The van der Waals surface area contributed by atoms with Crippen LogP contribution in [0.15, 0.2) is 48.8 Å². The molecule has 2 fully saturated rings. The highest BCUT2D eigenvalue weighted by Crippen LogP contribution is 2.38. The third-order valence-corrected chi connectivity index (χ3v) is 7.45. The van der Waals surface area contributed by atoms with Crippen molar-refractivity contribution in [1.29, 1.82) is 0 Å². The number of thiophene rings is 1. The summed E-state index contributed by atoms with van der Waals surface area (Å²) in [7, 11) is 2.22. The summed E-state index contributed by atoms with van der Waals surface area (Å²) in [6, 6.07) is 12.1. The van der Waals surface area contributed by atoms with Gasteiger partial charge in [-0.3, -0.25) is 4.98 Å². The SMILES string of the molecule is CN1C[C@@H]2CN(c3ccc4nc(-c5ccc(Cl)s5)c(-c5ccncc5)n4n3)C[C@@H]2C1. The van der Waals surface area contributed by atoms with Crippen LogP contribution in [0.2, 0.25) is 4.34 Å². The molecule has 2 aliphatic heterocycles. The number of pyridine rings is 1. The van der Waals surface area contributed by atoms with Gasteiger partial charge in [-0.2, -0.15) is 0 Å². The van der Waals surface area contributed by atoms with E-state index in [1.54, 1.807) is 0 Å². The summed E-state index contributed by atoms with van der Waals surface area (Å²) in [6.45, 7) is 4.50. The van der Waals surface area contributed by atoms with Crippen LogP contribution in [0.4, 0.5) is 5.82 Å². The molecule has 6 nitrogen and oxygen atoms in total. The number of halogens is 1. The standard InChI is InChI=1S/C22H21ClN6S/c1-27-10-15-12-28(13-16(15)11-27)20-5-4-19-25-21(17-2-3-18(23)30-17)22(29(19)26-20)14-6-8-24-9-7-14/h2-9,15-16H,10-13H2,1H3/t15-,16+. The number of rotatable bonds is 3. The lowest BCUT2D eigenvalue weighted by atomic mass is 10.0. The highest BCUT2D eigenvalue weighted by Gasteiger charge is 2.39. The molecule has 2 aliphatic rings. The molecule has 6 rings (SSSR count). The topological polar surface area (TPSA) is 49.6 Å². The van der Waals surface area contributed by atoms with E-state index in [4.69, 9.17) is 21.7 Å².